The Morgan fingerprint density at radius 2 is 1.67 bits per heavy atom. The fraction of sp³-hybridized carbons (Fsp3) is 0.0870. The van der Waals surface area contributed by atoms with Crippen molar-refractivity contribution in [2.75, 3.05) is 0 Å². The van der Waals surface area contributed by atoms with Crippen LogP contribution in [0.4, 0.5) is 13.2 Å². The van der Waals surface area contributed by atoms with E-state index < -0.39 is 11.9 Å². The molecule has 0 unspecified atom stereocenters. The number of aromatic nitrogens is 7. The summed E-state index contributed by atoms with van der Waals surface area (Å²) in [7, 11) is 0. The Labute approximate surface area is 215 Å². The molecule has 0 fully saturated rings. The molecule has 36 heavy (non-hydrogen) atoms. The first-order valence-electron chi connectivity index (χ1n) is 9.94. The Kier molecular flexibility index (Phi) is 8.51. The minimum absolute atomic E-state index is 0. The molecular weight excluding hydrogens is 656 g/mol. The van der Waals surface area contributed by atoms with Gasteiger partial charge >= 0.3 is 6.18 Å². The predicted molar refractivity (Wildman–Crippen MR) is 116 cm³/mol. The van der Waals surface area contributed by atoms with Crippen molar-refractivity contribution in [1.29, 1.82) is 0 Å². The zero-order chi connectivity index (χ0) is 24.8. The SMILES string of the molecule is Cc1cc(-c2ncncn2)[c-]c(C(F)(F)F)n1.Oc1ccccc1-c1nnc(-c2cccnc2)o1.[Ir]. The number of aromatic hydroxyl groups is 1. The third-order valence-electron chi connectivity index (χ3n) is 4.37. The van der Waals surface area contributed by atoms with Gasteiger partial charge in [-0.15, -0.1) is 27.9 Å². The zero-order valence-electron chi connectivity index (χ0n) is 18.3. The molecule has 0 bridgehead atoms. The van der Waals surface area contributed by atoms with Gasteiger partial charge in [-0.2, -0.15) is 13.2 Å². The van der Waals surface area contributed by atoms with Crippen LogP contribution in [0.5, 0.6) is 5.75 Å². The van der Waals surface area contributed by atoms with Crippen molar-refractivity contribution in [3.8, 4) is 40.0 Å². The number of aryl methyl sites for hydroxylation is 1. The number of rotatable bonds is 3. The summed E-state index contributed by atoms with van der Waals surface area (Å²) in [4.78, 5) is 18.5. The quantitative estimate of drug-likeness (QED) is 0.275. The van der Waals surface area contributed by atoms with Crippen molar-refractivity contribution < 1.29 is 42.8 Å². The fourth-order valence-electron chi connectivity index (χ4n) is 2.83. The molecule has 0 aliphatic heterocycles. The van der Waals surface area contributed by atoms with E-state index in [1.54, 1.807) is 42.7 Å². The third kappa shape index (κ3) is 6.52. The van der Waals surface area contributed by atoms with Crippen LogP contribution in [0, 0.1) is 13.0 Å². The van der Waals surface area contributed by atoms with Gasteiger partial charge in [-0.25, -0.2) is 4.98 Å². The molecule has 1 N–H and O–H groups in total. The van der Waals surface area contributed by atoms with E-state index in [1.165, 1.54) is 25.6 Å². The van der Waals surface area contributed by atoms with E-state index in [1.807, 2.05) is 6.07 Å². The van der Waals surface area contributed by atoms with Crippen LogP contribution < -0.4 is 0 Å². The van der Waals surface area contributed by atoms with Crippen molar-refractivity contribution in [3.05, 3.63) is 85.0 Å². The second kappa shape index (κ2) is 11.6. The van der Waals surface area contributed by atoms with E-state index in [4.69, 9.17) is 4.42 Å². The molecule has 0 amide bonds. The summed E-state index contributed by atoms with van der Waals surface area (Å²) < 4.78 is 43.1. The molecule has 5 aromatic rings. The Hall–Kier alpha value is -4.09. The largest absolute Gasteiger partial charge is 0.507 e. The van der Waals surface area contributed by atoms with Gasteiger partial charge in [-0.3, -0.25) is 19.9 Å². The number of halogens is 3. The molecule has 5 rings (SSSR count). The van der Waals surface area contributed by atoms with Crippen molar-refractivity contribution in [3.63, 3.8) is 0 Å². The Morgan fingerprint density at radius 1 is 0.944 bits per heavy atom. The summed E-state index contributed by atoms with van der Waals surface area (Å²) in [5.74, 6) is 0.906. The van der Waals surface area contributed by atoms with Gasteiger partial charge in [-0.05, 0) is 36.9 Å². The minimum Gasteiger partial charge on any atom is -0.507 e. The number of benzene rings is 1. The number of pyridine rings is 2. The summed E-state index contributed by atoms with van der Waals surface area (Å²) in [5.41, 5.74) is 0.554. The number of para-hydroxylation sites is 1. The van der Waals surface area contributed by atoms with Crippen LogP contribution in [0.1, 0.15) is 11.4 Å². The number of hydrogen-bond acceptors (Lipinski definition) is 9. The maximum absolute atomic E-state index is 12.5. The number of hydrogen-bond donors (Lipinski definition) is 1. The van der Waals surface area contributed by atoms with Gasteiger partial charge in [0.2, 0.25) is 5.89 Å². The maximum Gasteiger partial charge on any atom is 0.421 e. The first-order valence-corrected chi connectivity index (χ1v) is 9.94. The first kappa shape index (κ1) is 26.5. The molecule has 0 aliphatic carbocycles. The molecule has 0 aliphatic rings. The van der Waals surface area contributed by atoms with Crippen LogP contribution >= 0.6 is 0 Å². The maximum atomic E-state index is 12.5. The van der Waals surface area contributed by atoms with Gasteiger partial charge in [0.1, 0.15) is 18.4 Å². The van der Waals surface area contributed by atoms with Crippen molar-refractivity contribution in [2.45, 2.75) is 13.1 Å². The molecule has 4 heterocycles. The van der Waals surface area contributed by atoms with E-state index >= 15 is 0 Å². The van der Waals surface area contributed by atoms with Crippen molar-refractivity contribution >= 4 is 0 Å². The molecule has 0 saturated heterocycles. The molecule has 185 valence electrons. The molecule has 9 nitrogen and oxygen atoms in total. The molecule has 1 radical (unpaired) electrons. The molecule has 13 heteroatoms. The number of nitrogens with zero attached hydrogens (tertiary/aromatic N) is 7. The fourth-order valence-corrected chi connectivity index (χ4v) is 2.83. The van der Waals surface area contributed by atoms with Gasteiger partial charge in [0, 0.05) is 38.3 Å². The van der Waals surface area contributed by atoms with Crippen LogP contribution in [0.3, 0.4) is 0 Å². The van der Waals surface area contributed by atoms with E-state index in [2.05, 4.69) is 41.2 Å². The number of phenolic OH excluding ortho intramolecular Hbond substituents is 1. The average Bonchev–Trinajstić information content (AvgIpc) is 3.35. The molecule has 0 saturated carbocycles. The molecule has 0 atom stereocenters. The van der Waals surface area contributed by atoms with Crippen LogP contribution in [0.15, 0.2) is 71.9 Å². The Bertz CT molecular complexity index is 1420. The van der Waals surface area contributed by atoms with Crippen LogP contribution in [-0.2, 0) is 26.3 Å². The smallest absolute Gasteiger partial charge is 0.421 e. The normalized spacial score (nSPS) is 10.7. The number of alkyl halides is 3. The summed E-state index contributed by atoms with van der Waals surface area (Å²) in [6.07, 6.45) is 1.19. The topological polar surface area (TPSA) is 124 Å². The van der Waals surface area contributed by atoms with Gasteiger partial charge in [0.25, 0.3) is 5.89 Å². The average molecular weight is 671 g/mol. The number of phenols is 1. The third-order valence-corrected chi connectivity index (χ3v) is 4.37. The minimum atomic E-state index is -4.53. The monoisotopic (exact) mass is 671 g/mol. The first-order chi connectivity index (χ1) is 16.8. The molecule has 4 aromatic heterocycles. The Morgan fingerprint density at radius 3 is 2.33 bits per heavy atom. The van der Waals surface area contributed by atoms with Crippen LogP contribution in [0.25, 0.3) is 34.3 Å². The Balaban J connectivity index is 0.000000196. The second-order valence-corrected chi connectivity index (χ2v) is 6.92. The van der Waals surface area contributed by atoms with Gasteiger partial charge in [0.05, 0.1) is 16.8 Å². The summed E-state index contributed by atoms with van der Waals surface area (Å²) in [6.45, 7) is 1.47. The standard InChI is InChI=1S/C13H9N3O2.C10H6F3N4.Ir/c17-11-6-2-1-5-10(11)13-16-15-12(18-13)9-4-3-7-14-8-9;1-6-2-7(9-15-4-14-5-16-9)3-8(17-6)10(11,12)13;/h1-8,17H;2,4-5H,1H3;/q;-1;. The second-order valence-electron chi connectivity index (χ2n) is 6.92. The predicted octanol–water partition coefficient (Wildman–Crippen LogP) is 4.56. The van der Waals surface area contributed by atoms with E-state index in [0.29, 0.717) is 11.5 Å². The van der Waals surface area contributed by atoms with Crippen LogP contribution in [-0.4, -0.2) is 40.2 Å². The van der Waals surface area contributed by atoms with Crippen molar-refractivity contribution in [1.82, 2.24) is 35.1 Å². The van der Waals surface area contributed by atoms with Gasteiger partial charge in [-0.1, -0.05) is 12.1 Å². The van der Waals surface area contributed by atoms with Gasteiger partial charge < -0.3 is 9.52 Å². The van der Waals surface area contributed by atoms with Crippen LogP contribution in [0.2, 0.25) is 0 Å². The van der Waals surface area contributed by atoms with E-state index in [9.17, 15) is 18.3 Å². The van der Waals surface area contributed by atoms with E-state index in [-0.39, 0.29) is 48.8 Å². The molecular formula is C23H15F3IrN7O2-. The summed E-state index contributed by atoms with van der Waals surface area (Å²) >= 11 is 0. The zero-order valence-corrected chi connectivity index (χ0v) is 20.7. The molecule has 1 aromatic carbocycles. The van der Waals surface area contributed by atoms with Gasteiger partial charge in [0.15, 0.2) is 0 Å². The van der Waals surface area contributed by atoms with E-state index in [0.717, 1.165) is 5.56 Å². The molecule has 0 spiro atoms. The van der Waals surface area contributed by atoms with Crippen molar-refractivity contribution in [2.24, 2.45) is 0 Å². The summed E-state index contributed by atoms with van der Waals surface area (Å²) in [5, 5.41) is 17.6. The summed E-state index contributed by atoms with van der Waals surface area (Å²) in [6, 6.07) is 14.0.